The largest absolute Gasteiger partial charge is 0.622 e. The van der Waals surface area contributed by atoms with E-state index in [-0.39, 0.29) is 5.54 Å². The van der Waals surface area contributed by atoms with Gasteiger partial charge in [-0.05, 0) is 48.5 Å². The molecule has 2 aliphatic heterocycles. The highest BCUT2D eigenvalue weighted by molar-refractivity contribution is 5.92. The number of hydroxylamine groups is 5. The first-order valence-corrected chi connectivity index (χ1v) is 9.46. The molecule has 9 nitrogen and oxygen atoms in total. The van der Waals surface area contributed by atoms with E-state index < -0.39 is 16.9 Å². The van der Waals surface area contributed by atoms with Gasteiger partial charge in [0.25, 0.3) is 5.66 Å². The van der Waals surface area contributed by atoms with Crippen molar-refractivity contribution >= 4 is 23.7 Å². The van der Waals surface area contributed by atoms with Crippen molar-refractivity contribution in [2.45, 2.75) is 98.6 Å². The lowest BCUT2D eigenvalue weighted by molar-refractivity contribution is -0.578. The number of hydrogen-bond donors (Lipinski definition) is 0. The fourth-order valence-electron chi connectivity index (χ4n) is 3.81. The van der Waals surface area contributed by atoms with Gasteiger partial charge in [0.15, 0.2) is 5.71 Å². The predicted octanol–water partition coefficient (Wildman–Crippen LogP) is 3.30. The Labute approximate surface area is 167 Å². The van der Waals surface area contributed by atoms with Crippen LogP contribution in [-0.4, -0.2) is 61.0 Å². The van der Waals surface area contributed by atoms with Gasteiger partial charge in [0.2, 0.25) is 12.3 Å². The van der Waals surface area contributed by atoms with Crippen molar-refractivity contribution in [3.05, 3.63) is 5.21 Å². The molecule has 0 saturated carbocycles. The van der Waals surface area contributed by atoms with Crippen molar-refractivity contribution in [3.8, 4) is 0 Å². The standard InChI is InChI=1S/C19H34N6O3/c1-13-16(4,5)24(18(8,9)21-13)27-12-20-22-15(3)28-25-17(6,7)14(2)23(26)19(25,10)11/h12H,1-11H3/b20-12+,22-15+. The van der Waals surface area contributed by atoms with Gasteiger partial charge in [0.1, 0.15) is 11.2 Å². The van der Waals surface area contributed by atoms with Gasteiger partial charge in [-0.2, -0.15) is 4.74 Å². The molecule has 0 unspecified atom stereocenters. The molecule has 0 aromatic heterocycles. The molecule has 0 saturated heterocycles. The second-order valence-corrected chi connectivity index (χ2v) is 9.31. The molecular weight excluding hydrogens is 360 g/mol. The molecule has 0 radical (unpaired) electrons. The van der Waals surface area contributed by atoms with Crippen LogP contribution in [0, 0.1) is 5.21 Å². The van der Waals surface area contributed by atoms with Crippen LogP contribution in [-0.2, 0) is 9.68 Å². The maximum Gasteiger partial charge on any atom is 0.254 e. The SMILES string of the molecule is CC1=NC(C)(C)N(O/C=N/N=C(\C)ON2C(C)(C)C(C)=[N+]([O-])C2(C)C)C1(C)C. The van der Waals surface area contributed by atoms with E-state index in [1.807, 2.05) is 48.5 Å². The van der Waals surface area contributed by atoms with Crippen molar-refractivity contribution in [1.29, 1.82) is 0 Å². The minimum absolute atomic E-state index is 0.302. The van der Waals surface area contributed by atoms with Crippen molar-refractivity contribution in [1.82, 2.24) is 10.1 Å². The Morgan fingerprint density at radius 1 is 1.04 bits per heavy atom. The van der Waals surface area contributed by atoms with E-state index in [4.69, 9.17) is 9.68 Å². The third kappa shape index (κ3) is 3.53. The molecule has 0 fully saturated rings. The third-order valence-electron chi connectivity index (χ3n) is 5.64. The molecule has 0 N–H and O–H groups in total. The summed E-state index contributed by atoms with van der Waals surface area (Å²) in [5.41, 5.74) is -0.612. The Hall–Kier alpha value is -2.00. The maximum absolute atomic E-state index is 12.4. The summed E-state index contributed by atoms with van der Waals surface area (Å²) in [6.45, 7) is 21.0. The first kappa shape index (κ1) is 22.3. The molecule has 0 bridgehead atoms. The van der Waals surface area contributed by atoms with Crippen LogP contribution in [0.4, 0.5) is 0 Å². The molecule has 0 aliphatic carbocycles. The van der Waals surface area contributed by atoms with Gasteiger partial charge in [0.05, 0.1) is 5.54 Å². The van der Waals surface area contributed by atoms with E-state index >= 15 is 0 Å². The molecule has 0 aromatic rings. The van der Waals surface area contributed by atoms with Crippen LogP contribution in [0.2, 0.25) is 0 Å². The highest BCUT2D eigenvalue weighted by Gasteiger charge is 2.57. The average molecular weight is 395 g/mol. The van der Waals surface area contributed by atoms with E-state index in [0.717, 1.165) is 10.5 Å². The van der Waals surface area contributed by atoms with Crippen LogP contribution < -0.4 is 0 Å². The molecule has 2 rings (SSSR count). The van der Waals surface area contributed by atoms with E-state index in [1.165, 1.54) is 6.40 Å². The molecule has 2 aliphatic rings. The van der Waals surface area contributed by atoms with E-state index in [1.54, 1.807) is 37.8 Å². The number of nitrogens with zero attached hydrogens (tertiary/aromatic N) is 6. The second-order valence-electron chi connectivity index (χ2n) is 9.31. The Balaban J connectivity index is 2.06. The summed E-state index contributed by atoms with van der Waals surface area (Å²) in [5, 5.41) is 23.9. The molecule has 0 atom stereocenters. The van der Waals surface area contributed by atoms with Crippen molar-refractivity contribution in [3.63, 3.8) is 0 Å². The second kappa shape index (κ2) is 6.81. The van der Waals surface area contributed by atoms with E-state index in [2.05, 4.69) is 15.2 Å². The maximum atomic E-state index is 12.4. The monoisotopic (exact) mass is 394 g/mol. The summed E-state index contributed by atoms with van der Waals surface area (Å²) >= 11 is 0. The van der Waals surface area contributed by atoms with Crippen molar-refractivity contribution in [2.24, 2.45) is 15.2 Å². The van der Waals surface area contributed by atoms with Crippen LogP contribution in [0.25, 0.3) is 0 Å². The fourth-order valence-corrected chi connectivity index (χ4v) is 3.81. The van der Waals surface area contributed by atoms with Crippen molar-refractivity contribution in [2.75, 3.05) is 0 Å². The highest BCUT2D eigenvalue weighted by Crippen LogP contribution is 2.35. The highest BCUT2D eigenvalue weighted by atomic mass is 16.7. The summed E-state index contributed by atoms with van der Waals surface area (Å²) < 4.78 is 0.965. The first-order chi connectivity index (χ1) is 12.6. The van der Waals surface area contributed by atoms with Crippen molar-refractivity contribution < 1.29 is 14.4 Å². The number of rotatable bonds is 4. The van der Waals surface area contributed by atoms with E-state index in [9.17, 15) is 5.21 Å². The minimum Gasteiger partial charge on any atom is -0.622 e. The third-order valence-corrected chi connectivity index (χ3v) is 5.64. The Kier molecular flexibility index (Phi) is 5.42. The van der Waals surface area contributed by atoms with Gasteiger partial charge in [-0.3, -0.25) is 4.99 Å². The lowest BCUT2D eigenvalue weighted by Crippen LogP contribution is -2.53. The van der Waals surface area contributed by atoms with E-state index in [0.29, 0.717) is 11.6 Å². The number of hydrogen-bond acceptors (Lipinski definition) is 8. The molecule has 9 heteroatoms. The zero-order valence-corrected chi connectivity index (χ0v) is 19.0. The zero-order chi connectivity index (χ0) is 21.7. The zero-order valence-electron chi connectivity index (χ0n) is 19.0. The van der Waals surface area contributed by atoms with Gasteiger partial charge in [-0.15, -0.1) is 15.3 Å². The topological polar surface area (TPSA) is 88.1 Å². The van der Waals surface area contributed by atoms with Crippen LogP contribution in [0.3, 0.4) is 0 Å². The normalized spacial score (nSPS) is 26.8. The van der Waals surface area contributed by atoms with Gasteiger partial charge in [-0.25, -0.2) is 0 Å². The minimum atomic E-state index is -0.858. The quantitative estimate of drug-likeness (QED) is 0.240. The van der Waals surface area contributed by atoms with Crippen LogP contribution >= 0.6 is 0 Å². The molecule has 158 valence electrons. The smallest absolute Gasteiger partial charge is 0.254 e. The number of aliphatic imine (C=N–C) groups is 1. The molecule has 0 amide bonds. The summed E-state index contributed by atoms with van der Waals surface area (Å²) in [7, 11) is 0. The van der Waals surface area contributed by atoms with Gasteiger partial charge in [0, 0.05) is 33.4 Å². The lowest BCUT2D eigenvalue weighted by Gasteiger charge is -2.36. The average Bonchev–Trinajstić information content (AvgIpc) is 2.77. The van der Waals surface area contributed by atoms with Gasteiger partial charge < -0.3 is 14.9 Å². The van der Waals surface area contributed by atoms with Crippen LogP contribution in [0.5, 0.6) is 0 Å². The summed E-state index contributed by atoms with van der Waals surface area (Å²) in [5.74, 6) is 0.302. The molecule has 28 heavy (non-hydrogen) atoms. The van der Waals surface area contributed by atoms with Gasteiger partial charge >= 0.3 is 0 Å². The summed E-state index contributed by atoms with van der Waals surface area (Å²) in [6, 6.07) is 0. The predicted molar refractivity (Wildman–Crippen MR) is 111 cm³/mol. The first-order valence-electron chi connectivity index (χ1n) is 9.46. The van der Waals surface area contributed by atoms with Gasteiger partial charge in [-0.1, -0.05) is 5.06 Å². The van der Waals surface area contributed by atoms with Crippen LogP contribution in [0.15, 0.2) is 15.2 Å². The Morgan fingerprint density at radius 2 is 1.61 bits per heavy atom. The molecular formula is C19H34N6O3. The fraction of sp³-hybridized carbons (Fsp3) is 0.789. The molecule has 0 spiro atoms. The molecule has 0 aromatic carbocycles. The summed E-state index contributed by atoms with van der Waals surface area (Å²) in [6.07, 6.45) is 1.27. The molecule has 2 heterocycles. The summed E-state index contributed by atoms with van der Waals surface area (Å²) in [4.78, 5) is 16.2. The Morgan fingerprint density at radius 3 is 2.04 bits per heavy atom. The van der Waals surface area contributed by atoms with Crippen LogP contribution in [0.1, 0.15) is 76.2 Å². The lowest BCUT2D eigenvalue weighted by atomic mass is 10.00. The Bertz CT molecular complexity index is 738.